The molecule has 0 fully saturated rings. The van der Waals surface area contributed by atoms with Gasteiger partial charge in [-0.2, -0.15) is 0 Å². The molecule has 0 aliphatic rings. The van der Waals surface area contributed by atoms with Crippen LogP contribution in [0.2, 0.25) is 10.0 Å². The highest BCUT2D eigenvalue weighted by atomic mass is 35.5. The fraction of sp³-hybridized carbons (Fsp3) is 0.462. The molecule has 0 saturated carbocycles. The Labute approximate surface area is 127 Å². The van der Waals surface area contributed by atoms with Crippen LogP contribution in [-0.2, 0) is 4.79 Å². The maximum Gasteiger partial charge on any atom is 0.232 e. The summed E-state index contributed by atoms with van der Waals surface area (Å²) in [5, 5.41) is 9.99. The number of hydrogen-bond donors (Lipinski definition) is 1. The normalized spacial score (nSPS) is 10.5. The van der Waals surface area contributed by atoms with Crippen LogP contribution in [0.5, 0.6) is 0 Å². The van der Waals surface area contributed by atoms with E-state index in [9.17, 15) is 4.79 Å². The smallest absolute Gasteiger partial charge is 0.232 e. The van der Waals surface area contributed by atoms with E-state index in [-0.39, 0.29) is 12.5 Å². The maximum atomic E-state index is 12.0. The van der Waals surface area contributed by atoms with Gasteiger partial charge >= 0.3 is 0 Å². The van der Waals surface area contributed by atoms with E-state index in [1.165, 1.54) is 11.8 Å². The maximum absolute atomic E-state index is 12.0. The summed E-state index contributed by atoms with van der Waals surface area (Å²) in [4.78, 5) is 14.5. The molecule has 1 rings (SSSR count). The minimum absolute atomic E-state index is 0.0389. The van der Waals surface area contributed by atoms with Gasteiger partial charge in [0.15, 0.2) is 0 Å². The van der Waals surface area contributed by atoms with Crippen LogP contribution >= 0.6 is 35.0 Å². The first-order valence-corrected chi connectivity index (χ1v) is 7.79. The van der Waals surface area contributed by atoms with Gasteiger partial charge in [0.2, 0.25) is 5.91 Å². The molecule has 0 aliphatic carbocycles. The predicted octanol–water partition coefficient (Wildman–Crippen LogP) is 3.32. The van der Waals surface area contributed by atoms with Crippen molar-refractivity contribution in [2.75, 3.05) is 25.4 Å². The molecule has 19 heavy (non-hydrogen) atoms. The lowest BCUT2D eigenvalue weighted by Crippen LogP contribution is -2.33. The molecule has 6 heteroatoms. The zero-order chi connectivity index (χ0) is 14.3. The van der Waals surface area contributed by atoms with Crippen molar-refractivity contribution in [2.24, 2.45) is 0 Å². The van der Waals surface area contributed by atoms with Crippen LogP contribution in [0.1, 0.15) is 13.3 Å². The highest BCUT2D eigenvalue weighted by molar-refractivity contribution is 8.00. The molecule has 106 valence electrons. The van der Waals surface area contributed by atoms with Gasteiger partial charge in [0, 0.05) is 29.6 Å². The molecule has 0 aliphatic heterocycles. The average molecular weight is 322 g/mol. The zero-order valence-electron chi connectivity index (χ0n) is 10.7. The summed E-state index contributed by atoms with van der Waals surface area (Å²) in [7, 11) is 0. The van der Waals surface area contributed by atoms with Gasteiger partial charge in [-0.25, -0.2) is 0 Å². The summed E-state index contributed by atoms with van der Waals surface area (Å²) in [5.74, 6) is 0.358. The fourth-order valence-electron chi connectivity index (χ4n) is 1.54. The summed E-state index contributed by atoms with van der Waals surface area (Å²) in [5.41, 5.74) is 0. The second-order valence-corrected chi connectivity index (χ2v) is 5.77. The summed E-state index contributed by atoms with van der Waals surface area (Å²) >= 11 is 13.3. The van der Waals surface area contributed by atoms with Crippen LogP contribution in [0.15, 0.2) is 23.1 Å². The Balaban J connectivity index is 2.55. The third-order valence-electron chi connectivity index (χ3n) is 2.56. The van der Waals surface area contributed by atoms with E-state index >= 15 is 0 Å². The number of aliphatic hydroxyl groups is 1. The number of rotatable bonds is 7. The first-order valence-electron chi connectivity index (χ1n) is 6.05. The third-order valence-corrected chi connectivity index (χ3v) is 4.28. The Morgan fingerprint density at radius 3 is 2.79 bits per heavy atom. The van der Waals surface area contributed by atoms with Crippen molar-refractivity contribution in [1.29, 1.82) is 0 Å². The average Bonchev–Trinajstić information content (AvgIpc) is 2.40. The minimum Gasteiger partial charge on any atom is -0.396 e. The zero-order valence-corrected chi connectivity index (χ0v) is 13.1. The highest BCUT2D eigenvalue weighted by Crippen LogP contribution is 2.29. The molecule has 0 bridgehead atoms. The number of benzene rings is 1. The van der Waals surface area contributed by atoms with Crippen molar-refractivity contribution in [3.63, 3.8) is 0 Å². The van der Waals surface area contributed by atoms with Gasteiger partial charge in [-0.15, -0.1) is 11.8 Å². The lowest BCUT2D eigenvalue weighted by molar-refractivity contribution is -0.128. The van der Waals surface area contributed by atoms with E-state index in [1.807, 2.05) is 6.92 Å². The van der Waals surface area contributed by atoms with Gasteiger partial charge in [-0.05, 0) is 31.5 Å². The summed E-state index contributed by atoms with van der Waals surface area (Å²) < 4.78 is 0. The second kappa shape index (κ2) is 8.69. The SMILES string of the molecule is CCN(CCCO)C(=O)CSc1cc(Cl)ccc1Cl. The lowest BCUT2D eigenvalue weighted by Gasteiger charge is -2.20. The summed E-state index contributed by atoms with van der Waals surface area (Å²) in [6.45, 7) is 3.24. The molecule has 0 spiro atoms. The molecule has 1 N–H and O–H groups in total. The Morgan fingerprint density at radius 2 is 2.16 bits per heavy atom. The first-order chi connectivity index (χ1) is 9.08. The molecule has 1 amide bonds. The molecular formula is C13H17Cl2NO2S. The molecule has 0 heterocycles. The van der Waals surface area contributed by atoms with Crippen molar-refractivity contribution in [2.45, 2.75) is 18.2 Å². The summed E-state index contributed by atoms with van der Waals surface area (Å²) in [6.07, 6.45) is 0.599. The van der Waals surface area contributed by atoms with Crippen LogP contribution in [0.3, 0.4) is 0 Å². The molecule has 3 nitrogen and oxygen atoms in total. The molecule has 0 radical (unpaired) electrons. The van der Waals surface area contributed by atoms with Crippen LogP contribution in [-0.4, -0.2) is 41.4 Å². The Bertz CT molecular complexity index is 429. The third kappa shape index (κ3) is 5.61. The highest BCUT2D eigenvalue weighted by Gasteiger charge is 2.12. The summed E-state index contributed by atoms with van der Waals surface area (Å²) in [6, 6.07) is 5.20. The van der Waals surface area contributed by atoms with Crippen molar-refractivity contribution >= 4 is 40.9 Å². The van der Waals surface area contributed by atoms with E-state index in [4.69, 9.17) is 28.3 Å². The van der Waals surface area contributed by atoms with Crippen LogP contribution in [0.25, 0.3) is 0 Å². The Kier molecular flexibility index (Phi) is 7.61. The van der Waals surface area contributed by atoms with Crippen LogP contribution in [0.4, 0.5) is 0 Å². The van der Waals surface area contributed by atoms with Crippen molar-refractivity contribution in [1.82, 2.24) is 4.90 Å². The number of halogens is 2. The predicted molar refractivity (Wildman–Crippen MR) is 81.1 cm³/mol. The minimum atomic E-state index is 0.0389. The molecule has 0 unspecified atom stereocenters. The number of thioether (sulfide) groups is 1. The quantitative estimate of drug-likeness (QED) is 0.783. The number of carbonyl (C=O) groups excluding carboxylic acids is 1. The van der Waals surface area contributed by atoms with E-state index in [0.717, 1.165) is 4.90 Å². The number of amides is 1. The number of carbonyl (C=O) groups is 1. The van der Waals surface area contributed by atoms with E-state index in [2.05, 4.69) is 0 Å². The van der Waals surface area contributed by atoms with Gasteiger partial charge in [0.05, 0.1) is 10.8 Å². The second-order valence-electron chi connectivity index (χ2n) is 3.91. The fourth-order valence-corrected chi connectivity index (χ4v) is 2.94. The van der Waals surface area contributed by atoms with Gasteiger partial charge < -0.3 is 10.0 Å². The van der Waals surface area contributed by atoms with Crippen molar-refractivity contribution in [3.05, 3.63) is 28.2 Å². The first kappa shape index (κ1) is 16.6. The van der Waals surface area contributed by atoms with Crippen LogP contribution < -0.4 is 0 Å². The van der Waals surface area contributed by atoms with Crippen molar-refractivity contribution in [3.8, 4) is 0 Å². The standard InChI is InChI=1S/C13H17Cl2NO2S/c1-2-16(6-3-7-17)13(18)9-19-12-8-10(14)4-5-11(12)15/h4-5,8,17H,2-3,6-7,9H2,1H3. The lowest BCUT2D eigenvalue weighted by atomic mass is 10.4. The molecule has 0 atom stereocenters. The van der Waals surface area contributed by atoms with E-state index < -0.39 is 0 Å². The van der Waals surface area contributed by atoms with Crippen molar-refractivity contribution < 1.29 is 9.90 Å². The largest absolute Gasteiger partial charge is 0.396 e. The number of nitrogens with zero attached hydrogens (tertiary/aromatic N) is 1. The molecule has 1 aromatic rings. The van der Waals surface area contributed by atoms with Gasteiger partial charge in [-0.3, -0.25) is 4.79 Å². The number of hydrogen-bond acceptors (Lipinski definition) is 3. The molecular weight excluding hydrogens is 305 g/mol. The van der Waals surface area contributed by atoms with Gasteiger partial charge in [0.1, 0.15) is 0 Å². The van der Waals surface area contributed by atoms with Crippen LogP contribution in [0, 0.1) is 0 Å². The van der Waals surface area contributed by atoms with Gasteiger partial charge in [-0.1, -0.05) is 23.2 Å². The topological polar surface area (TPSA) is 40.5 Å². The number of aliphatic hydroxyl groups excluding tert-OH is 1. The molecule has 0 saturated heterocycles. The van der Waals surface area contributed by atoms with Gasteiger partial charge in [0.25, 0.3) is 0 Å². The monoisotopic (exact) mass is 321 g/mol. The van der Waals surface area contributed by atoms with E-state index in [0.29, 0.717) is 35.3 Å². The molecule has 1 aromatic carbocycles. The van der Waals surface area contributed by atoms with E-state index in [1.54, 1.807) is 23.1 Å². The molecule has 0 aromatic heterocycles. The Hall–Kier alpha value is -0.420. The Morgan fingerprint density at radius 1 is 1.42 bits per heavy atom.